The number of rotatable bonds is 4. The largest absolute Gasteiger partial charge is 0.374 e. The lowest BCUT2D eigenvalue weighted by Crippen LogP contribution is -2.29. The zero-order chi connectivity index (χ0) is 9.84. The fourth-order valence-electron chi connectivity index (χ4n) is 1.65. The van der Waals surface area contributed by atoms with E-state index in [1.54, 1.807) is 4.90 Å². The minimum Gasteiger partial charge on any atom is -0.374 e. The molecule has 13 heavy (non-hydrogen) atoms. The van der Waals surface area contributed by atoms with Crippen molar-refractivity contribution in [1.29, 1.82) is 0 Å². The lowest BCUT2D eigenvalue weighted by Gasteiger charge is -2.17. The lowest BCUT2D eigenvalue weighted by atomic mass is 10.3. The molecule has 0 bridgehead atoms. The van der Waals surface area contributed by atoms with Gasteiger partial charge in [-0.15, -0.1) is 0 Å². The summed E-state index contributed by atoms with van der Waals surface area (Å²) in [6.07, 6.45) is -1.00. The molecular formula is C9H17F2NO. The van der Waals surface area contributed by atoms with Crippen molar-refractivity contribution in [3.8, 4) is 0 Å². The molecule has 78 valence electrons. The average Bonchev–Trinajstić information content (AvgIpc) is 2.33. The van der Waals surface area contributed by atoms with E-state index in [0.717, 1.165) is 13.0 Å². The Labute approximate surface area is 77.9 Å². The number of halogens is 2. The van der Waals surface area contributed by atoms with Crippen LogP contribution in [0.15, 0.2) is 0 Å². The van der Waals surface area contributed by atoms with Gasteiger partial charge in [-0.2, -0.15) is 0 Å². The number of ether oxygens (including phenoxy) is 1. The molecule has 0 aliphatic carbocycles. The van der Waals surface area contributed by atoms with Gasteiger partial charge in [-0.05, 0) is 20.3 Å². The van der Waals surface area contributed by atoms with Gasteiger partial charge in [0.25, 0.3) is 6.43 Å². The quantitative estimate of drug-likeness (QED) is 0.674. The maximum absolute atomic E-state index is 12.0. The second-order valence-electron chi connectivity index (χ2n) is 3.75. The fourth-order valence-corrected chi connectivity index (χ4v) is 1.65. The SMILES string of the molecule is CC(C)O[C@H]1CCN(CC(F)F)C1. The van der Waals surface area contributed by atoms with Crippen LogP contribution in [0.2, 0.25) is 0 Å². The maximum atomic E-state index is 12.0. The molecule has 0 amide bonds. The van der Waals surface area contributed by atoms with Crippen molar-refractivity contribution in [3.63, 3.8) is 0 Å². The number of hydrogen-bond acceptors (Lipinski definition) is 2. The van der Waals surface area contributed by atoms with Gasteiger partial charge in [-0.3, -0.25) is 4.90 Å². The Bertz CT molecular complexity index is 137. The molecule has 0 spiro atoms. The Balaban J connectivity index is 2.20. The minimum absolute atomic E-state index is 0.113. The molecule has 1 aliphatic rings. The first-order valence-electron chi connectivity index (χ1n) is 4.74. The Morgan fingerprint density at radius 2 is 2.15 bits per heavy atom. The highest BCUT2D eigenvalue weighted by atomic mass is 19.3. The Morgan fingerprint density at radius 3 is 2.69 bits per heavy atom. The van der Waals surface area contributed by atoms with Crippen molar-refractivity contribution < 1.29 is 13.5 Å². The lowest BCUT2D eigenvalue weighted by molar-refractivity contribution is 0.0101. The van der Waals surface area contributed by atoms with Crippen LogP contribution in [-0.4, -0.2) is 43.2 Å². The van der Waals surface area contributed by atoms with Crippen LogP contribution in [0.3, 0.4) is 0 Å². The van der Waals surface area contributed by atoms with Gasteiger partial charge in [-0.25, -0.2) is 8.78 Å². The third-order valence-electron chi connectivity index (χ3n) is 2.09. The number of alkyl halides is 2. The summed E-state index contributed by atoms with van der Waals surface area (Å²) in [4.78, 5) is 1.76. The first-order chi connectivity index (χ1) is 6.08. The topological polar surface area (TPSA) is 12.5 Å². The molecule has 0 radical (unpaired) electrons. The van der Waals surface area contributed by atoms with Crippen LogP contribution in [0.5, 0.6) is 0 Å². The predicted molar refractivity (Wildman–Crippen MR) is 47.1 cm³/mol. The summed E-state index contributed by atoms with van der Waals surface area (Å²) < 4.78 is 29.5. The Hall–Kier alpha value is -0.220. The Kier molecular flexibility index (Phi) is 4.06. The number of likely N-dealkylation sites (tertiary alicyclic amines) is 1. The highest BCUT2D eigenvalue weighted by molar-refractivity contribution is 4.76. The average molecular weight is 193 g/mol. The van der Waals surface area contributed by atoms with E-state index >= 15 is 0 Å². The second-order valence-corrected chi connectivity index (χ2v) is 3.75. The van der Waals surface area contributed by atoms with Crippen LogP contribution in [0, 0.1) is 0 Å². The van der Waals surface area contributed by atoms with Gasteiger partial charge in [0.05, 0.1) is 18.8 Å². The first kappa shape index (κ1) is 10.9. The van der Waals surface area contributed by atoms with Gasteiger partial charge in [-0.1, -0.05) is 0 Å². The third-order valence-corrected chi connectivity index (χ3v) is 2.09. The van der Waals surface area contributed by atoms with E-state index < -0.39 is 6.43 Å². The summed E-state index contributed by atoms with van der Waals surface area (Å²) in [6.45, 7) is 5.22. The van der Waals surface area contributed by atoms with Gasteiger partial charge in [0.15, 0.2) is 0 Å². The molecule has 1 rings (SSSR count). The smallest absolute Gasteiger partial charge is 0.251 e. The standard InChI is InChI=1S/C9H17F2NO/c1-7(2)13-8-3-4-12(5-8)6-9(10)11/h7-9H,3-6H2,1-2H3/t8-/m0/s1. The van der Waals surface area contributed by atoms with E-state index in [9.17, 15) is 8.78 Å². The first-order valence-corrected chi connectivity index (χ1v) is 4.74. The highest BCUT2D eigenvalue weighted by Gasteiger charge is 2.25. The molecular weight excluding hydrogens is 176 g/mol. The minimum atomic E-state index is -2.22. The predicted octanol–water partition coefficient (Wildman–Crippen LogP) is 1.75. The van der Waals surface area contributed by atoms with E-state index in [4.69, 9.17) is 4.74 Å². The summed E-state index contributed by atoms with van der Waals surface area (Å²) in [7, 11) is 0. The van der Waals surface area contributed by atoms with Crippen LogP contribution < -0.4 is 0 Å². The molecule has 2 nitrogen and oxygen atoms in total. The van der Waals surface area contributed by atoms with Crippen LogP contribution >= 0.6 is 0 Å². The molecule has 4 heteroatoms. The number of hydrogen-bond donors (Lipinski definition) is 0. The summed E-state index contributed by atoms with van der Waals surface area (Å²) in [5, 5.41) is 0. The highest BCUT2D eigenvalue weighted by Crippen LogP contribution is 2.15. The van der Waals surface area contributed by atoms with Gasteiger partial charge in [0.2, 0.25) is 0 Å². The van der Waals surface area contributed by atoms with Crippen molar-refractivity contribution in [1.82, 2.24) is 4.90 Å². The van der Waals surface area contributed by atoms with E-state index in [1.807, 2.05) is 13.8 Å². The van der Waals surface area contributed by atoms with Gasteiger partial charge in [0.1, 0.15) is 0 Å². The van der Waals surface area contributed by atoms with Crippen LogP contribution in [0.4, 0.5) is 8.78 Å². The normalized spacial score (nSPS) is 24.9. The van der Waals surface area contributed by atoms with Gasteiger partial charge in [0, 0.05) is 13.1 Å². The monoisotopic (exact) mass is 193 g/mol. The second kappa shape index (κ2) is 4.86. The van der Waals surface area contributed by atoms with Crippen LogP contribution in [0.1, 0.15) is 20.3 Å². The zero-order valence-corrected chi connectivity index (χ0v) is 8.17. The van der Waals surface area contributed by atoms with Crippen molar-refractivity contribution in [2.45, 2.75) is 38.9 Å². The van der Waals surface area contributed by atoms with Crippen molar-refractivity contribution in [2.75, 3.05) is 19.6 Å². The molecule has 0 unspecified atom stereocenters. The van der Waals surface area contributed by atoms with Gasteiger partial charge >= 0.3 is 0 Å². The summed E-state index contributed by atoms with van der Waals surface area (Å²) in [6, 6.07) is 0. The summed E-state index contributed by atoms with van der Waals surface area (Å²) in [5.74, 6) is 0. The molecule has 0 aromatic heterocycles. The molecule has 0 aromatic carbocycles. The van der Waals surface area contributed by atoms with E-state index in [0.29, 0.717) is 6.54 Å². The molecule has 1 fully saturated rings. The number of nitrogens with zero attached hydrogens (tertiary/aromatic N) is 1. The molecule has 0 aromatic rings. The van der Waals surface area contributed by atoms with E-state index in [1.165, 1.54) is 0 Å². The van der Waals surface area contributed by atoms with Gasteiger partial charge < -0.3 is 4.74 Å². The Morgan fingerprint density at radius 1 is 1.46 bits per heavy atom. The molecule has 1 aliphatic heterocycles. The zero-order valence-electron chi connectivity index (χ0n) is 8.17. The molecule has 0 N–H and O–H groups in total. The van der Waals surface area contributed by atoms with Crippen LogP contribution in [-0.2, 0) is 4.74 Å². The van der Waals surface area contributed by atoms with Crippen molar-refractivity contribution in [2.24, 2.45) is 0 Å². The molecule has 1 atom stereocenters. The molecule has 1 saturated heterocycles. The maximum Gasteiger partial charge on any atom is 0.251 e. The van der Waals surface area contributed by atoms with E-state index in [-0.39, 0.29) is 18.8 Å². The third kappa shape index (κ3) is 4.00. The van der Waals surface area contributed by atoms with Crippen LogP contribution in [0.25, 0.3) is 0 Å². The summed E-state index contributed by atoms with van der Waals surface area (Å²) >= 11 is 0. The summed E-state index contributed by atoms with van der Waals surface area (Å²) in [5.41, 5.74) is 0. The molecule has 0 saturated carbocycles. The van der Waals surface area contributed by atoms with Crippen molar-refractivity contribution >= 4 is 0 Å². The van der Waals surface area contributed by atoms with E-state index in [2.05, 4.69) is 0 Å². The molecule has 1 heterocycles. The fraction of sp³-hybridized carbons (Fsp3) is 1.00. The van der Waals surface area contributed by atoms with Crippen molar-refractivity contribution in [3.05, 3.63) is 0 Å².